The van der Waals surface area contributed by atoms with Gasteiger partial charge in [0.25, 0.3) is 11.8 Å². The van der Waals surface area contributed by atoms with Gasteiger partial charge in [-0.2, -0.15) is 0 Å². The first-order valence-electron chi connectivity index (χ1n) is 11.8. The molecular formula is C28H32N2O2S2. The molecule has 6 heteroatoms. The molecule has 0 radical (unpaired) electrons. The van der Waals surface area contributed by atoms with E-state index in [1.165, 1.54) is 23.9 Å². The van der Waals surface area contributed by atoms with Crippen molar-refractivity contribution in [2.75, 3.05) is 20.1 Å². The standard InChI is InChI=1S/C28H32N2O2S2/c1-3-5-21-33-29(23-15-9-7-10-16-23)27(31)25-19-13-14-20-26(25)28(32)30(34-22-6-4-2)24-17-11-8-12-18-24/h7-20H,3-6,21-22H2,1-2H3. The molecule has 0 heterocycles. The lowest BCUT2D eigenvalue weighted by Crippen LogP contribution is -2.30. The highest BCUT2D eigenvalue weighted by Crippen LogP contribution is 2.30. The molecule has 0 fully saturated rings. The number of para-hydroxylation sites is 2. The fraction of sp³-hybridized carbons (Fsp3) is 0.286. The van der Waals surface area contributed by atoms with Crippen molar-refractivity contribution in [1.82, 2.24) is 0 Å². The van der Waals surface area contributed by atoms with E-state index in [0.29, 0.717) is 11.1 Å². The maximum Gasteiger partial charge on any atom is 0.269 e. The third-order valence-corrected chi connectivity index (χ3v) is 7.39. The Hall–Kier alpha value is -2.70. The van der Waals surface area contributed by atoms with E-state index in [1.54, 1.807) is 20.7 Å². The summed E-state index contributed by atoms with van der Waals surface area (Å²) in [5.74, 6) is 1.30. The van der Waals surface area contributed by atoms with Crippen LogP contribution in [0.5, 0.6) is 0 Å². The van der Waals surface area contributed by atoms with Crippen LogP contribution >= 0.6 is 23.9 Å². The number of hydrogen-bond donors (Lipinski definition) is 0. The zero-order valence-electron chi connectivity index (χ0n) is 19.9. The molecule has 2 amide bonds. The Bertz CT molecular complexity index is 960. The quantitative estimate of drug-likeness (QED) is 0.190. The van der Waals surface area contributed by atoms with Gasteiger partial charge in [-0.1, -0.05) is 75.2 Å². The minimum atomic E-state index is -0.178. The Balaban J connectivity index is 1.96. The van der Waals surface area contributed by atoms with Gasteiger partial charge in [0.05, 0.1) is 22.5 Å². The number of carbonyl (C=O) groups excluding carboxylic acids is 2. The maximum atomic E-state index is 13.8. The van der Waals surface area contributed by atoms with E-state index < -0.39 is 0 Å². The molecule has 34 heavy (non-hydrogen) atoms. The Labute approximate surface area is 212 Å². The number of anilines is 2. The molecule has 0 N–H and O–H groups in total. The molecule has 0 aromatic heterocycles. The molecule has 0 aliphatic carbocycles. The van der Waals surface area contributed by atoms with E-state index in [1.807, 2.05) is 72.8 Å². The summed E-state index contributed by atoms with van der Waals surface area (Å²) in [5.41, 5.74) is 2.45. The van der Waals surface area contributed by atoms with Gasteiger partial charge in [-0.05, 0) is 73.1 Å². The molecule has 0 saturated heterocycles. The smallest absolute Gasteiger partial charge is 0.268 e. The van der Waals surface area contributed by atoms with Crippen molar-refractivity contribution in [3.8, 4) is 0 Å². The monoisotopic (exact) mass is 492 g/mol. The molecule has 0 saturated carbocycles. The predicted molar refractivity (Wildman–Crippen MR) is 148 cm³/mol. The van der Waals surface area contributed by atoms with Crippen molar-refractivity contribution in [1.29, 1.82) is 0 Å². The van der Waals surface area contributed by atoms with E-state index in [2.05, 4.69) is 13.8 Å². The average molecular weight is 493 g/mol. The number of nitrogens with zero attached hydrogens (tertiary/aromatic N) is 2. The molecule has 4 nitrogen and oxygen atoms in total. The lowest BCUT2D eigenvalue weighted by atomic mass is 10.1. The van der Waals surface area contributed by atoms with Gasteiger partial charge in [0.1, 0.15) is 0 Å². The summed E-state index contributed by atoms with van der Waals surface area (Å²) in [4.78, 5) is 27.6. The van der Waals surface area contributed by atoms with Gasteiger partial charge in [0.15, 0.2) is 0 Å². The van der Waals surface area contributed by atoms with Crippen molar-refractivity contribution < 1.29 is 9.59 Å². The third-order valence-electron chi connectivity index (χ3n) is 5.17. The first kappa shape index (κ1) is 25.9. The second kappa shape index (κ2) is 13.9. The SMILES string of the molecule is CCCCSN(C(=O)c1ccccc1C(=O)N(SCCCC)c1ccccc1)c1ccccc1. The fourth-order valence-corrected chi connectivity index (χ4v) is 5.48. The van der Waals surface area contributed by atoms with Crippen molar-refractivity contribution in [3.05, 3.63) is 96.1 Å². The van der Waals surface area contributed by atoms with Crippen molar-refractivity contribution >= 4 is 47.1 Å². The average Bonchev–Trinajstić information content (AvgIpc) is 2.89. The largest absolute Gasteiger partial charge is 0.269 e. The molecule has 3 rings (SSSR count). The van der Waals surface area contributed by atoms with E-state index in [4.69, 9.17) is 0 Å². The van der Waals surface area contributed by atoms with Gasteiger partial charge in [0, 0.05) is 11.5 Å². The van der Waals surface area contributed by atoms with Crippen molar-refractivity contribution in [2.45, 2.75) is 39.5 Å². The van der Waals surface area contributed by atoms with Crippen LogP contribution in [-0.4, -0.2) is 23.3 Å². The van der Waals surface area contributed by atoms with Gasteiger partial charge < -0.3 is 0 Å². The number of unbranched alkanes of at least 4 members (excludes halogenated alkanes) is 2. The second-order valence-corrected chi connectivity index (χ2v) is 9.85. The summed E-state index contributed by atoms with van der Waals surface area (Å²) in [5, 5.41) is 0. The van der Waals surface area contributed by atoms with Crippen LogP contribution in [0.25, 0.3) is 0 Å². The maximum absolute atomic E-state index is 13.8. The molecule has 0 aliphatic rings. The molecular weight excluding hydrogens is 460 g/mol. The number of benzene rings is 3. The van der Waals surface area contributed by atoms with Crippen molar-refractivity contribution in [3.63, 3.8) is 0 Å². The summed E-state index contributed by atoms with van der Waals surface area (Å²) in [6, 6.07) is 26.4. The predicted octanol–water partition coefficient (Wildman–Crippen LogP) is 7.88. The van der Waals surface area contributed by atoms with Crippen LogP contribution in [0.15, 0.2) is 84.9 Å². The number of carbonyl (C=O) groups is 2. The second-order valence-electron chi connectivity index (χ2n) is 7.79. The highest BCUT2D eigenvalue weighted by Gasteiger charge is 2.27. The molecule has 0 aliphatic heterocycles. The van der Waals surface area contributed by atoms with Crippen LogP contribution in [0.4, 0.5) is 11.4 Å². The summed E-state index contributed by atoms with van der Waals surface area (Å²) >= 11 is 3.00. The third kappa shape index (κ3) is 6.90. The molecule has 0 bridgehead atoms. The van der Waals surface area contributed by atoms with Gasteiger partial charge in [-0.3, -0.25) is 18.2 Å². The van der Waals surface area contributed by atoms with Crippen LogP contribution in [-0.2, 0) is 0 Å². The zero-order chi connectivity index (χ0) is 24.2. The highest BCUT2D eigenvalue weighted by molar-refractivity contribution is 8.01. The molecule has 3 aromatic rings. The van der Waals surface area contributed by atoms with Crippen LogP contribution in [0, 0.1) is 0 Å². The van der Waals surface area contributed by atoms with E-state index in [0.717, 1.165) is 48.6 Å². The van der Waals surface area contributed by atoms with Gasteiger partial charge in [0.2, 0.25) is 0 Å². The van der Waals surface area contributed by atoms with Crippen LogP contribution in [0.2, 0.25) is 0 Å². The highest BCUT2D eigenvalue weighted by atomic mass is 32.2. The van der Waals surface area contributed by atoms with Gasteiger partial charge in [-0.25, -0.2) is 0 Å². The fourth-order valence-electron chi connectivity index (χ4n) is 3.30. The van der Waals surface area contributed by atoms with Gasteiger partial charge >= 0.3 is 0 Å². The van der Waals surface area contributed by atoms with Crippen LogP contribution < -0.4 is 8.61 Å². The molecule has 0 spiro atoms. The van der Waals surface area contributed by atoms with E-state index in [-0.39, 0.29) is 11.8 Å². The zero-order valence-corrected chi connectivity index (χ0v) is 21.5. The van der Waals surface area contributed by atoms with E-state index in [9.17, 15) is 9.59 Å². The minimum absolute atomic E-state index is 0.178. The van der Waals surface area contributed by atoms with Gasteiger partial charge in [-0.15, -0.1) is 0 Å². The molecule has 178 valence electrons. The lowest BCUT2D eigenvalue weighted by molar-refractivity contribution is 0.0975. The first-order valence-corrected chi connectivity index (χ1v) is 13.7. The van der Waals surface area contributed by atoms with E-state index >= 15 is 0 Å². The summed E-state index contributed by atoms with van der Waals surface area (Å²) in [6.07, 6.45) is 4.13. The van der Waals surface area contributed by atoms with Crippen LogP contribution in [0.1, 0.15) is 60.2 Å². The lowest BCUT2D eigenvalue weighted by Gasteiger charge is -2.25. The summed E-state index contributed by atoms with van der Waals surface area (Å²) in [6.45, 7) is 4.27. The number of rotatable bonds is 12. The minimum Gasteiger partial charge on any atom is -0.268 e. The van der Waals surface area contributed by atoms with Crippen molar-refractivity contribution in [2.24, 2.45) is 0 Å². The Kier molecular flexibility index (Phi) is 10.6. The first-order chi connectivity index (χ1) is 16.7. The molecule has 0 atom stereocenters. The summed E-state index contributed by atoms with van der Waals surface area (Å²) < 4.78 is 3.44. The Morgan fingerprint density at radius 2 is 0.941 bits per heavy atom. The topological polar surface area (TPSA) is 40.6 Å². The summed E-state index contributed by atoms with van der Waals surface area (Å²) in [7, 11) is 0. The normalized spacial score (nSPS) is 10.6. The molecule has 3 aromatic carbocycles. The number of hydrogen-bond acceptors (Lipinski definition) is 4. The Morgan fingerprint density at radius 1 is 0.588 bits per heavy atom. The molecule has 0 unspecified atom stereocenters. The van der Waals surface area contributed by atoms with Crippen LogP contribution in [0.3, 0.4) is 0 Å². The Morgan fingerprint density at radius 3 is 1.29 bits per heavy atom. The number of amides is 2.